The molecule has 0 fully saturated rings. The molecule has 0 spiro atoms. The summed E-state index contributed by atoms with van der Waals surface area (Å²) in [5.41, 5.74) is 1.33. The summed E-state index contributed by atoms with van der Waals surface area (Å²) >= 11 is 17.7. The van der Waals surface area contributed by atoms with Gasteiger partial charge in [0.05, 0.1) is 20.6 Å². The maximum absolute atomic E-state index is 13.5. The molecule has 0 amide bonds. The fourth-order valence-corrected chi connectivity index (χ4v) is 2.47. The molecule has 0 aliphatic carbocycles. The number of aromatic nitrogens is 1. The van der Waals surface area contributed by atoms with Crippen LogP contribution >= 0.6 is 34.8 Å². The minimum absolute atomic E-state index is 0.0491. The Bertz CT molecular complexity index is 596. The minimum atomic E-state index is -0.665. The molecule has 0 saturated carbocycles. The average molecular weight is 293 g/mol. The van der Waals surface area contributed by atoms with Gasteiger partial charge < -0.3 is 0 Å². The zero-order valence-corrected chi connectivity index (χ0v) is 11.5. The van der Waals surface area contributed by atoms with Crippen molar-refractivity contribution in [3.63, 3.8) is 0 Å². The van der Waals surface area contributed by atoms with Gasteiger partial charge in [0.25, 0.3) is 0 Å². The number of halogens is 4. The van der Waals surface area contributed by atoms with Gasteiger partial charge in [-0.15, -0.1) is 0 Å². The maximum Gasteiger partial charge on any atom is 0.161 e. The summed E-state index contributed by atoms with van der Waals surface area (Å²) in [6.07, 6.45) is 0. The van der Waals surface area contributed by atoms with E-state index in [1.54, 1.807) is 6.07 Å². The van der Waals surface area contributed by atoms with Crippen molar-refractivity contribution in [2.24, 2.45) is 0 Å². The Kier molecular flexibility index (Phi) is 3.48. The molecule has 0 atom stereocenters. The van der Waals surface area contributed by atoms with E-state index in [0.717, 1.165) is 5.69 Å². The molecule has 0 unspecified atom stereocenters. The molecule has 1 aromatic carbocycles. The van der Waals surface area contributed by atoms with Gasteiger partial charge in [0, 0.05) is 11.1 Å². The van der Waals surface area contributed by atoms with E-state index in [4.69, 9.17) is 34.8 Å². The number of nitrogens with zero attached hydrogens (tertiary/aromatic N) is 1. The third kappa shape index (κ3) is 2.22. The molecule has 0 bridgehead atoms. The molecule has 2 aromatic rings. The molecular weight excluding hydrogens is 283 g/mol. The lowest BCUT2D eigenvalue weighted by Crippen LogP contribution is -1.95. The summed E-state index contributed by atoms with van der Waals surface area (Å²) < 4.78 is 13.5. The Labute approximate surface area is 114 Å². The van der Waals surface area contributed by atoms with Crippen molar-refractivity contribution in [2.45, 2.75) is 19.8 Å². The molecule has 17 heavy (non-hydrogen) atoms. The molecule has 2 rings (SSSR count). The Balaban J connectivity index is 2.87. The Morgan fingerprint density at radius 3 is 2.35 bits per heavy atom. The molecule has 5 heteroatoms. The average Bonchev–Trinajstić information content (AvgIpc) is 2.25. The van der Waals surface area contributed by atoms with Crippen molar-refractivity contribution >= 4 is 45.7 Å². The molecule has 0 aliphatic rings. The van der Waals surface area contributed by atoms with Crippen LogP contribution in [-0.4, -0.2) is 4.98 Å². The largest absolute Gasteiger partial charge is 0.252 e. The first-order valence-corrected chi connectivity index (χ1v) is 6.19. The van der Waals surface area contributed by atoms with E-state index in [2.05, 4.69) is 4.98 Å². The topological polar surface area (TPSA) is 12.9 Å². The molecule has 1 nitrogen and oxygen atoms in total. The van der Waals surface area contributed by atoms with Gasteiger partial charge in [0.1, 0.15) is 0 Å². The van der Waals surface area contributed by atoms with Crippen LogP contribution in [0.25, 0.3) is 10.9 Å². The summed E-state index contributed by atoms with van der Waals surface area (Å²) in [7, 11) is 0. The van der Waals surface area contributed by atoms with Crippen LogP contribution in [0.5, 0.6) is 0 Å². The van der Waals surface area contributed by atoms with Crippen LogP contribution < -0.4 is 0 Å². The second-order valence-electron chi connectivity index (χ2n) is 4.06. The van der Waals surface area contributed by atoms with Gasteiger partial charge in [-0.2, -0.15) is 0 Å². The number of hydrogen-bond donors (Lipinski definition) is 0. The lowest BCUT2D eigenvalue weighted by Gasteiger charge is -2.10. The highest BCUT2D eigenvalue weighted by molar-refractivity contribution is 6.43. The summed E-state index contributed by atoms with van der Waals surface area (Å²) in [5, 5.41) is 0.658. The first kappa shape index (κ1) is 12.9. The third-order valence-electron chi connectivity index (χ3n) is 2.50. The quantitative estimate of drug-likeness (QED) is 0.636. The number of hydrogen-bond acceptors (Lipinski definition) is 1. The second-order valence-corrected chi connectivity index (χ2v) is 5.26. The lowest BCUT2D eigenvalue weighted by molar-refractivity contribution is 0.630. The van der Waals surface area contributed by atoms with Gasteiger partial charge >= 0.3 is 0 Å². The number of pyridine rings is 1. The summed E-state index contributed by atoms with van der Waals surface area (Å²) in [5.74, 6) is -0.443. The van der Waals surface area contributed by atoms with Gasteiger partial charge in [-0.3, -0.25) is 4.98 Å². The second kappa shape index (κ2) is 4.60. The van der Waals surface area contributed by atoms with E-state index < -0.39 is 5.82 Å². The molecule has 0 N–H and O–H groups in total. The monoisotopic (exact) mass is 291 g/mol. The Hall–Kier alpha value is -0.570. The van der Waals surface area contributed by atoms with Crippen LogP contribution in [0.4, 0.5) is 4.39 Å². The smallest absolute Gasteiger partial charge is 0.161 e. The predicted molar refractivity (Wildman–Crippen MR) is 70.8 cm³/mol. The number of benzene rings is 1. The van der Waals surface area contributed by atoms with Gasteiger partial charge in [-0.1, -0.05) is 48.7 Å². The Morgan fingerprint density at radius 1 is 1.12 bits per heavy atom. The highest BCUT2D eigenvalue weighted by Gasteiger charge is 2.15. The van der Waals surface area contributed by atoms with Gasteiger partial charge in [0.15, 0.2) is 5.82 Å². The molecule has 90 valence electrons. The Morgan fingerprint density at radius 2 is 1.76 bits per heavy atom. The summed E-state index contributed by atoms with van der Waals surface area (Å²) in [6.45, 7) is 3.99. The van der Waals surface area contributed by atoms with E-state index in [-0.39, 0.29) is 16.0 Å². The SMILES string of the molecule is CC(C)c1cc(Cl)c2c(Cl)c(F)c(Cl)cc2n1. The van der Waals surface area contributed by atoms with Crippen LogP contribution in [0.15, 0.2) is 12.1 Å². The minimum Gasteiger partial charge on any atom is -0.252 e. The van der Waals surface area contributed by atoms with E-state index in [9.17, 15) is 4.39 Å². The summed E-state index contributed by atoms with van der Waals surface area (Å²) in [4.78, 5) is 4.38. The van der Waals surface area contributed by atoms with E-state index in [1.807, 2.05) is 13.8 Å². The normalized spacial score (nSPS) is 11.5. The standard InChI is InChI=1S/C12H9Cl3FN/c1-5(2)8-3-6(13)10-9(17-8)4-7(14)12(16)11(10)15/h3-5H,1-2H3. The van der Waals surface area contributed by atoms with Crippen molar-refractivity contribution in [1.29, 1.82) is 0 Å². The maximum atomic E-state index is 13.5. The van der Waals surface area contributed by atoms with Crippen LogP contribution in [0.1, 0.15) is 25.5 Å². The highest BCUT2D eigenvalue weighted by atomic mass is 35.5. The van der Waals surface area contributed by atoms with Crippen LogP contribution in [0, 0.1) is 5.82 Å². The fraction of sp³-hybridized carbons (Fsp3) is 0.250. The van der Waals surface area contributed by atoms with Gasteiger partial charge in [0.2, 0.25) is 0 Å². The van der Waals surface area contributed by atoms with Crippen LogP contribution in [0.2, 0.25) is 15.1 Å². The van der Waals surface area contributed by atoms with E-state index in [0.29, 0.717) is 15.9 Å². The van der Waals surface area contributed by atoms with Crippen molar-refractivity contribution in [3.8, 4) is 0 Å². The molecule has 0 radical (unpaired) electrons. The molecule has 0 saturated heterocycles. The van der Waals surface area contributed by atoms with Gasteiger partial charge in [-0.05, 0) is 18.1 Å². The molecule has 1 aromatic heterocycles. The van der Waals surface area contributed by atoms with Crippen LogP contribution in [0.3, 0.4) is 0 Å². The zero-order valence-electron chi connectivity index (χ0n) is 9.19. The van der Waals surface area contributed by atoms with E-state index in [1.165, 1.54) is 6.07 Å². The highest BCUT2D eigenvalue weighted by Crippen LogP contribution is 2.36. The third-order valence-corrected chi connectivity index (χ3v) is 3.42. The van der Waals surface area contributed by atoms with Crippen LogP contribution in [-0.2, 0) is 0 Å². The molecular formula is C12H9Cl3FN. The molecule has 1 heterocycles. The predicted octanol–water partition coefficient (Wildman–Crippen LogP) is 5.46. The summed E-state index contributed by atoms with van der Waals surface area (Å²) in [6, 6.07) is 3.14. The van der Waals surface area contributed by atoms with Gasteiger partial charge in [-0.25, -0.2) is 4.39 Å². The first-order chi connectivity index (χ1) is 7.91. The fourth-order valence-electron chi connectivity index (χ4n) is 1.57. The van der Waals surface area contributed by atoms with E-state index >= 15 is 0 Å². The van der Waals surface area contributed by atoms with Crippen molar-refractivity contribution in [3.05, 3.63) is 38.7 Å². The molecule has 0 aliphatic heterocycles. The van der Waals surface area contributed by atoms with Crippen molar-refractivity contribution in [2.75, 3.05) is 0 Å². The number of fused-ring (bicyclic) bond motifs is 1. The first-order valence-electron chi connectivity index (χ1n) is 5.05. The lowest BCUT2D eigenvalue weighted by atomic mass is 10.1. The van der Waals surface area contributed by atoms with Crippen molar-refractivity contribution in [1.82, 2.24) is 4.98 Å². The zero-order chi connectivity index (χ0) is 12.7. The van der Waals surface area contributed by atoms with Crippen molar-refractivity contribution < 1.29 is 4.39 Å². The number of rotatable bonds is 1.